The molecule has 1 aromatic heterocycles. The smallest absolute Gasteiger partial charge is 0.166 e. The van der Waals surface area contributed by atoms with Crippen LogP contribution in [0.2, 0.25) is 0 Å². The first-order valence-electron chi connectivity index (χ1n) is 8.88. The summed E-state index contributed by atoms with van der Waals surface area (Å²) in [5, 5.41) is 1.05. The Morgan fingerprint density at radius 1 is 1.08 bits per heavy atom. The molecule has 0 atom stereocenters. The van der Waals surface area contributed by atoms with Crippen LogP contribution in [0.15, 0.2) is 48.8 Å². The number of nitrogens with zero attached hydrogens (tertiary/aromatic N) is 3. The molecule has 5 heteroatoms. The monoisotopic (exact) mass is 349 g/mol. The van der Waals surface area contributed by atoms with Crippen LogP contribution >= 0.6 is 0 Å². The fraction of sp³-hybridized carbons (Fsp3) is 0.286. The Kier molecular flexibility index (Phi) is 4.37. The lowest BCUT2D eigenvalue weighted by molar-refractivity contribution is 0.0900. The second kappa shape index (κ2) is 6.83. The molecule has 3 aromatic rings. The normalized spacial score (nSPS) is 15.4. The van der Waals surface area contributed by atoms with E-state index in [1.807, 2.05) is 25.1 Å². The molecule has 4 rings (SSSR count). The molecule has 0 spiro atoms. The molecule has 0 saturated carbocycles. The zero-order valence-electron chi connectivity index (χ0n) is 14.7. The Morgan fingerprint density at radius 3 is 2.54 bits per heavy atom. The van der Waals surface area contributed by atoms with Crippen molar-refractivity contribution in [3.63, 3.8) is 0 Å². The van der Waals surface area contributed by atoms with Crippen molar-refractivity contribution >= 4 is 22.5 Å². The van der Waals surface area contributed by atoms with Crippen molar-refractivity contribution in [1.29, 1.82) is 0 Å². The number of hydrogen-bond donors (Lipinski definition) is 0. The van der Waals surface area contributed by atoms with E-state index in [0.29, 0.717) is 5.56 Å². The van der Waals surface area contributed by atoms with Gasteiger partial charge in [0.1, 0.15) is 18.0 Å². The number of ketones is 1. The number of fused-ring (bicyclic) bond motifs is 1. The van der Waals surface area contributed by atoms with Gasteiger partial charge < -0.3 is 4.90 Å². The van der Waals surface area contributed by atoms with Crippen LogP contribution in [0.25, 0.3) is 10.9 Å². The number of hydrogen-bond acceptors (Lipinski definition) is 4. The molecule has 0 aliphatic carbocycles. The molecule has 0 bridgehead atoms. The van der Waals surface area contributed by atoms with Gasteiger partial charge in [-0.25, -0.2) is 14.4 Å². The van der Waals surface area contributed by atoms with Gasteiger partial charge in [-0.05, 0) is 55.7 Å². The van der Waals surface area contributed by atoms with E-state index in [9.17, 15) is 9.18 Å². The molecule has 0 N–H and O–H groups in total. The Hall–Kier alpha value is -2.82. The number of anilines is 1. The Morgan fingerprint density at radius 2 is 1.81 bits per heavy atom. The zero-order chi connectivity index (χ0) is 18.1. The summed E-state index contributed by atoms with van der Waals surface area (Å²) in [6.07, 6.45) is 3.15. The number of para-hydroxylation sites is 1. The number of Topliss-reactive ketones (excluding diaryl/α,β-unsaturated/α-hetero) is 1. The summed E-state index contributed by atoms with van der Waals surface area (Å²) in [4.78, 5) is 23.8. The van der Waals surface area contributed by atoms with E-state index < -0.39 is 0 Å². The van der Waals surface area contributed by atoms with Crippen molar-refractivity contribution in [1.82, 2.24) is 9.97 Å². The van der Waals surface area contributed by atoms with E-state index in [1.54, 1.807) is 18.5 Å². The van der Waals surface area contributed by atoms with E-state index in [1.165, 1.54) is 12.1 Å². The Bertz CT molecular complexity index is 947. The molecule has 1 aliphatic rings. The van der Waals surface area contributed by atoms with E-state index in [2.05, 4.69) is 14.9 Å². The molecule has 0 radical (unpaired) electrons. The quantitative estimate of drug-likeness (QED) is 0.666. The van der Waals surface area contributed by atoms with Gasteiger partial charge in [0.25, 0.3) is 0 Å². The summed E-state index contributed by atoms with van der Waals surface area (Å²) in [7, 11) is 0. The van der Waals surface area contributed by atoms with Gasteiger partial charge in [-0.15, -0.1) is 0 Å². The van der Waals surface area contributed by atoms with Gasteiger partial charge in [0.05, 0.1) is 5.52 Å². The van der Waals surface area contributed by atoms with Gasteiger partial charge in [-0.3, -0.25) is 4.79 Å². The van der Waals surface area contributed by atoms with Crippen LogP contribution < -0.4 is 4.90 Å². The highest BCUT2D eigenvalue weighted by molar-refractivity contribution is 5.98. The van der Waals surface area contributed by atoms with Gasteiger partial charge >= 0.3 is 0 Å². The second-order valence-electron chi connectivity index (χ2n) is 6.80. The van der Waals surface area contributed by atoms with Crippen LogP contribution in [0, 0.1) is 18.7 Å². The number of rotatable bonds is 3. The maximum atomic E-state index is 13.1. The summed E-state index contributed by atoms with van der Waals surface area (Å²) < 4.78 is 13.1. The number of halogens is 1. The minimum Gasteiger partial charge on any atom is -0.356 e. The minimum atomic E-state index is -0.317. The molecule has 0 amide bonds. The van der Waals surface area contributed by atoms with Crippen LogP contribution in [0.3, 0.4) is 0 Å². The lowest BCUT2D eigenvalue weighted by Gasteiger charge is -2.32. The summed E-state index contributed by atoms with van der Waals surface area (Å²) in [5.74, 6) is 0.702. The summed E-state index contributed by atoms with van der Waals surface area (Å²) in [6, 6.07) is 12.0. The van der Waals surface area contributed by atoms with Crippen molar-refractivity contribution in [2.75, 3.05) is 18.0 Å². The van der Waals surface area contributed by atoms with Crippen molar-refractivity contribution in [3.8, 4) is 0 Å². The van der Waals surface area contributed by atoms with Crippen LogP contribution in [0.4, 0.5) is 10.2 Å². The number of aromatic nitrogens is 2. The highest BCUT2D eigenvalue weighted by Gasteiger charge is 2.27. The molecule has 2 heterocycles. The molecular weight excluding hydrogens is 329 g/mol. The third-order valence-electron chi connectivity index (χ3n) is 5.14. The lowest BCUT2D eigenvalue weighted by Crippen LogP contribution is -2.37. The Balaban J connectivity index is 1.51. The second-order valence-corrected chi connectivity index (χ2v) is 6.80. The van der Waals surface area contributed by atoms with Gasteiger partial charge in [-0.1, -0.05) is 12.1 Å². The largest absolute Gasteiger partial charge is 0.356 e. The fourth-order valence-electron chi connectivity index (χ4n) is 3.68. The highest BCUT2D eigenvalue weighted by atomic mass is 19.1. The van der Waals surface area contributed by atoms with Crippen molar-refractivity contribution in [2.45, 2.75) is 19.8 Å². The van der Waals surface area contributed by atoms with E-state index >= 15 is 0 Å². The molecule has 1 aliphatic heterocycles. The van der Waals surface area contributed by atoms with E-state index in [0.717, 1.165) is 48.2 Å². The maximum absolute atomic E-state index is 13.1. The topological polar surface area (TPSA) is 46.1 Å². The zero-order valence-corrected chi connectivity index (χ0v) is 14.7. The highest BCUT2D eigenvalue weighted by Crippen LogP contribution is 2.29. The first-order valence-corrected chi connectivity index (χ1v) is 8.88. The first kappa shape index (κ1) is 16.6. The van der Waals surface area contributed by atoms with E-state index in [4.69, 9.17) is 0 Å². The third kappa shape index (κ3) is 3.05. The predicted molar refractivity (Wildman–Crippen MR) is 99.9 cm³/mol. The summed E-state index contributed by atoms with van der Waals surface area (Å²) >= 11 is 0. The lowest BCUT2D eigenvalue weighted by atomic mass is 9.89. The average molecular weight is 349 g/mol. The van der Waals surface area contributed by atoms with Crippen LogP contribution in [0.1, 0.15) is 28.8 Å². The standard InChI is InChI=1S/C21H20FN3O/c1-14-3-2-4-18-19(14)23-13-24-21(18)25-11-9-16(10-12-25)20(26)15-5-7-17(22)8-6-15/h2-8,13,16H,9-12H2,1H3. The first-order chi connectivity index (χ1) is 12.6. The van der Waals surface area contributed by atoms with E-state index in [-0.39, 0.29) is 17.5 Å². The summed E-state index contributed by atoms with van der Waals surface area (Å²) in [5.41, 5.74) is 2.70. The number of carbonyl (C=O) groups is 1. The minimum absolute atomic E-state index is 0.0217. The molecule has 2 aromatic carbocycles. The SMILES string of the molecule is Cc1cccc2c(N3CCC(C(=O)c4ccc(F)cc4)CC3)ncnc12. The fourth-order valence-corrected chi connectivity index (χ4v) is 3.68. The molecule has 26 heavy (non-hydrogen) atoms. The predicted octanol–water partition coefficient (Wildman–Crippen LogP) is 4.18. The van der Waals surface area contributed by atoms with Crippen molar-refractivity contribution in [3.05, 3.63) is 65.7 Å². The molecule has 132 valence electrons. The van der Waals surface area contributed by atoms with Crippen molar-refractivity contribution < 1.29 is 9.18 Å². The molecule has 0 unspecified atom stereocenters. The number of carbonyl (C=O) groups excluding carboxylic acids is 1. The van der Waals surface area contributed by atoms with Gasteiger partial charge in [-0.2, -0.15) is 0 Å². The Labute approximate surface area is 151 Å². The molecule has 1 saturated heterocycles. The van der Waals surface area contributed by atoms with Crippen LogP contribution in [-0.2, 0) is 0 Å². The maximum Gasteiger partial charge on any atom is 0.166 e. The van der Waals surface area contributed by atoms with Crippen LogP contribution in [0.5, 0.6) is 0 Å². The molecule has 4 nitrogen and oxygen atoms in total. The number of benzene rings is 2. The van der Waals surface area contributed by atoms with Gasteiger partial charge in [0.2, 0.25) is 0 Å². The summed E-state index contributed by atoms with van der Waals surface area (Å²) in [6.45, 7) is 3.60. The number of piperidine rings is 1. The van der Waals surface area contributed by atoms with Gasteiger partial charge in [0.15, 0.2) is 5.78 Å². The average Bonchev–Trinajstić information content (AvgIpc) is 2.68. The number of aryl methyl sites for hydroxylation is 1. The van der Waals surface area contributed by atoms with Gasteiger partial charge in [0, 0.05) is 30.0 Å². The third-order valence-corrected chi connectivity index (χ3v) is 5.14. The van der Waals surface area contributed by atoms with Crippen LogP contribution in [-0.4, -0.2) is 28.8 Å². The van der Waals surface area contributed by atoms with Crippen molar-refractivity contribution in [2.24, 2.45) is 5.92 Å². The molecule has 1 fully saturated rings. The molecular formula is C21H20FN3O.